The van der Waals surface area contributed by atoms with Crippen LogP contribution in [0.3, 0.4) is 0 Å². The van der Waals surface area contributed by atoms with E-state index in [4.69, 9.17) is 21.0 Å². The summed E-state index contributed by atoms with van der Waals surface area (Å²) >= 11 is 6.90. The third kappa shape index (κ3) is 6.21. The maximum atomic E-state index is 6.90. The highest BCUT2D eigenvalue weighted by Gasteiger charge is 2.37. The maximum Gasteiger partial charge on any atom is 0.197 e. The van der Waals surface area contributed by atoms with Crippen LogP contribution in [0.15, 0.2) is 4.42 Å². The largest absolute Gasteiger partial charge is 0.445 e. The van der Waals surface area contributed by atoms with Crippen molar-refractivity contribution >= 4 is 11.6 Å². The molecule has 1 aromatic heterocycles. The van der Waals surface area contributed by atoms with Gasteiger partial charge in [0, 0.05) is 35.2 Å². The molecule has 1 aromatic rings. The second kappa shape index (κ2) is 12.6. The van der Waals surface area contributed by atoms with Crippen molar-refractivity contribution in [2.45, 2.75) is 139 Å². The average molecular weight is 492 g/mol. The monoisotopic (exact) mass is 491 g/mol. The zero-order valence-corrected chi connectivity index (χ0v) is 23.2. The quantitative estimate of drug-likeness (QED) is 0.331. The van der Waals surface area contributed by atoms with E-state index in [0.29, 0.717) is 23.8 Å². The van der Waals surface area contributed by atoms with Gasteiger partial charge in [0.05, 0.1) is 5.69 Å². The van der Waals surface area contributed by atoms with Crippen molar-refractivity contribution in [2.75, 3.05) is 27.2 Å². The van der Waals surface area contributed by atoms with Crippen LogP contribution in [0, 0.1) is 0 Å². The van der Waals surface area contributed by atoms with Crippen LogP contribution in [0.2, 0.25) is 0 Å². The number of oxazole rings is 1. The summed E-state index contributed by atoms with van der Waals surface area (Å²) in [5, 5.41) is 0.207. The minimum absolute atomic E-state index is 0.207. The van der Waals surface area contributed by atoms with Gasteiger partial charge in [0.2, 0.25) is 0 Å². The van der Waals surface area contributed by atoms with Crippen LogP contribution in [0.5, 0.6) is 0 Å². The number of alkyl halides is 1. The average Bonchev–Trinajstić information content (AvgIpc) is 3.29. The first-order valence-electron chi connectivity index (χ1n) is 14.6. The fourth-order valence-corrected chi connectivity index (χ4v) is 7.47. The van der Waals surface area contributed by atoms with Crippen molar-refractivity contribution in [3.05, 3.63) is 17.3 Å². The molecule has 3 aliphatic rings. The Balaban J connectivity index is 1.49. The standard InChI is InChI=1S/C29H50ClN3O/c1-5-19-33(20-6-2)24-17-13-22(14-18-24)29-31-27(21-11-15-23(16-12-21)32(3)4)28(34-29)25-9-7-8-10-26(25)30/h21-26H,5-20H2,1-4H3. The molecular weight excluding hydrogens is 442 g/mol. The Hall–Kier alpha value is -0.580. The molecule has 0 spiro atoms. The normalized spacial score (nSPS) is 33.0. The molecule has 3 saturated carbocycles. The molecular formula is C29H50ClN3O. The molecule has 2 unspecified atom stereocenters. The molecule has 3 aliphatic carbocycles. The van der Waals surface area contributed by atoms with Crippen LogP contribution in [-0.4, -0.2) is 59.4 Å². The predicted molar refractivity (Wildman–Crippen MR) is 143 cm³/mol. The second-order valence-corrected chi connectivity index (χ2v) is 12.3. The Labute approximate surface area is 214 Å². The van der Waals surface area contributed by atoms with Crippen LogP contribution < -0.4 is 0 Å². The van der Waals surface area contributed by atoms with E-state index in [2.05, 4.69) is 37.7 Å². The Kier molecular flexibility index (Phi) is 9.81. The highest BCUT2D eigenvalue weighted by atomic mass is 35.5. The molecule has 4 rings (SSSR count). The van der Waals surface area contributed by atoms with Gasteiger partial charge < -0.3 is 14.2 Å². The Morgan fingerprint density at radius 3 is 1.97 bits per heavy atom. The Bertz CT molecular complexity index is 728. The first-order chi connectivity index (χ1) is 16.5. The van der Waals surface area contributed by atoms with Gasteiger partial charge in [-0.15, -0.1) is 11.6 Å². The van der Waals surface area contributed by atoms with Crippen molar-refractivity contribution in [3.8, 4) is 0 Å². The van der Waals surface area contributed by atoms with Crippen LogP contribution in [0.25, 0.3) is 0 Å². The molecule has 0 bridgehead atoms. The summed E-state index contributed by atoms with van der Waals surface area (Å²) in [5.41, 5.74) is 1.30. The van der Waals surface area contributed by atoms with Gasteiger partial charge in [-0.3, -0.25) is 0 Å². The second-order valence-electron chi connectivity index (χ2n) is 11.7. The zero-order valence-electron chi connectivity index (χ0n) is 22.4. The molecule has 0 radical (unpaired) electrons. The third-order valence-electron chi connectivity index (χ3n) is 9.11. The number of aromatic nitrogens is 1. The van der Waals surface area contributed by atoms with E-state index in [0.717, 1.165) is 18.4 Å². The Morgan fingerprint density at radius 1 is 0.794 bits per heavy atom. The van der Waals surface area contributed by atoms with E-state index >= 15 is 0 Å². The molecule has 0 saturated heterocycles. The number of hydrogen-bond acceptors (Lipinski definition) is 4. The molecule has 0 amide bonds. The number of halogens is 1. The zero-order chi connectivity index (χ0) is 24.1. The lowest BCUT2D eigenvalue weighted by Crippen LogP contribution is -2.38. The summed E-state index contributed by atoms with van der Waals surface area (Å²) < 4.78 is 6.76. The number of nitrogens with zero attached hydrogens (tertiary/aromatic N) is 3. The van der Waals surface area contributed by atoms with Crippen molar-refractivity contribution in [3.63, 3.8) is 0 Å². The molecule has 2 atom stereocenters. The van der Waals surface area contributed by atoms with E-state index in [1.54, 1.807) is 0 Å². The summed E-state index contributed by atoms with van der Waals surface area (Å²) in [6.07, 6.45) is 17.3. The lowest BCUT2D eigenvalue weighted by atomic mass is 9.79. The van der Waals surface area contributed by atoms with E-state index in [9.17, 15) is 0 Å². The van der Waals surface area contributed by atoms with Crippen LogP contribution in [0.4, 0.5) is 0 Å². The molecule has 3 fully saturated rings. The minimum atomic E-state index is 0.207. The summed E-state index contributed by atoms with van der Waals surface area (Å²) in [6, 6.07) is 1.46. The van der Waals surface area contributed by atoms with Gasteiger partial charge >= 0.3 is 0 Å². The molecule has 34 heavy (non-hydrogen) atoms. The SMILES string of the molecule is CCCN(CCC)C1CCC(c2nc(C3CCC(N(C)C)CC3)c(C3CCCCC3Cl)o2)CC1. The van der Waals surface area contributed by atoms with Gasteiger partial charge in [0.1, 0.15) is 5.76 Å². The van der Waals surface area contributed by atoms with Gasteiger partial charge in [0.25, 0.3) is 0 Å². The van der Waals surface area contributed by atoms with Gasteiger partial charge in [-0.2, -0.15) is 0 Å². The molecule has 1 heterocycles. The first-order valence-corrected chi connectivity index (χ1v) is 15.0. The Morgan fingerprint density at radius 2 is 1.38 bits per heavy atom. The van der Waals surface area contributed by atoms with E-state index in [-0.39, 0.29) is 5.38 Å². The van der Waals surface area contributed by atoms with Crippen molar-refractivity contribution in [1.29, 1.82) is 0 Å². The van der Waals surface area contributed by atoms with E-state index in [1.165, 1.54) is 108 Å². The fourth-order valence-electron chi connectivity index (χ4n) is 7.08. The number of hydrogen-bond donors (Lipinski definition) is 0. The highest BCUT2D eigenvalue weighted by Crippen LogP contribution is 2.45. The van der Waals surface area contributed by atoms with Crippen molar-refractivity contribution in [2.24, 2.45) is 0 Å². The van der Waals surface area contributed by atoms with E-state index < -0.39 is 0 Å². The predicted octanol–water partition coefficient (Wildman–Crippen LogP) is 7.68. The van der Waals surface area contributed by atoms with E-state index in [1.807, 2.05) is 0 Å². The summed E-state index contributed by atoms with van der Waals surface area (Å²) in [5.74, 6) is 3.63. The van der Waals surface area contributed by atoms with Gasteiger partial charge in [-0.1, -0.05) is 26.7 Å². The lowest BCUT2D eigenvalue weighted by molar-refractivity contribution is 0.144. The highest BCUT2D eigenvalue weighted by molar-refractivity contribution is 6.21. The topological polar surface area (TPSA) is 32.5 Å². The fraction of sp³-hybridized carbons (Fsp3) is 0.897. The van der Waals surface area contributed by atoms with Crippen molar-refractivity contribution < 1.29 is 4.42 Å². The summed E-state index contributed by atoms with van der Waals surface area (Å²) in [6.45, 7) is 7.10. The first kappa shape index (κ1) is 26.5. The van der Waals surface area contributed by atoms with Crippen LogP contribution >= 0.6 is 11.6 Å². The lowest BCUT2D eigenvalue weighted by Gasteiger charge is -2.36. The molecule has 5 heteroatoms. The molecule has 0 N–H and O–H groups in total. The molecule has 4 nitrogen and oxygen atoms in total. The van der Waals surface area contributed by atoms with Crippen LogP contribution in [-0.2, 0) is 0 Å². The summed E-state index contributed by atoms with van der Waals surface area (Å²) in [7, 11) is 4.45. The minimum Gasteiger partial charge on any atom is -0.445 e. The van der Waals surface area contributed by atoms with Gasteiger partial charge in [-0.25, -0.2) is 4.98 Å². The molecule has 0 aliphatic heterocycles. The summed E-state index contributed by atoms with van der Waals surface area (Å²) in [4.78, 5) is 10.5. The molecule has 194 valence electrons. The molecule has 0 aromatic carbocycles. The van der Waals surface area contributed by atoms with Gasteiger partial charge in [-0.05, 0) is 104 Å². The van der Waals surface area contributed by atoms with Crippen molar-refractivity contribution in [1.82, 2.24) is 14.8 Å². The smallest absolute Gasteiger partial charge is 0.197 e. The van der Waals surface area contributed by atoms with Gasteiger partial charge in [0.15, 0.2) is 5.89 Å². The number of rotatable bonds is 9. The van der Waals surface area contributed by atoms with Crippen LogP contribution in [0.1, 0.15) is 139 Å². The third-order valence-corrected chi connectivity index (χ3v) is 9.64. The maximum absolute atomic E-state index is 6.90.